The first-order chi connectivity index (χ1) is 19.3. The molecule has 0 radical (unpaired) electrons. The number of nitrogens with zero attached hydrogens (tertiary/aromatic N) is 1. The lowest BCUT2D eigenvalue weighted by Gasteiger charge is -2.52. The van der Waals surface area contributed by atoms with Gasteiger partial charge >= 0.3 is 0 Å². The second-order valence-corrected chi connectivity index (χ2v) is 11.3. The number of hydrogen-bond acceptors (Lipinski definition) is 9. The van der Waals surface area contributed by atoms with Gasteiger partial charge in [-0.3, -0.25) is 33.7 Å². The van der Waals surface area contributed by atoms with Crippen LogP contribution in [0.3, 0.4) is 0 Å². The van der Waals surface area contributed by atoms with Crippen molar-refractivity contribution in [1.82, 2.24) is 4.90 Å². The number of nitrogens with one attached hydrogen (secondary N) is 1. The summed E-state index contributed by atoms with van der Waals surface area (Å²) in [4.78, 5) is 79.5. The van der Waals surface area contributed by atoms with Gasteiger partial charge in [-0.2, -0.15) is 0 Å². The number of rotatable bonds is 5. The number of Topliss-reactive ketones (excluding diaryl/α,β-unsaturated/α-hetero) is 4. The molecule has 0 aromatic heterocycles. The molecular formula is C29H28ClN3O8. The molecule has 0 heterocycles. The van der Waals surface area contributed by atoms with Gasteiger partial charge in [0.2, 0.25) is 11.8 Å². The number of anilines is 1. The smallest absolute Gasteiger partial charge is 0.239 e. The minimum absolute atomic E-state index is 0.0393. The lowest BCUT2D eigenvalue weighted by Crippen LogP contribution is -2.74. The Morgan fingerprint density at radius 3 is 2.32 bits per heavy atom. The first-order valence-electron chi connectivity index (χ1n) is 13.0. The third-order valence-corrected chi connectivity index (χ3v) is 8.79. The van der Waals surface area contributed by atoms with Crippen LogP contribution in [0.5, 0.6) is 5.75 Å². The van der Waals surface area contributed by atoms with Crippen LogP contribution < -0.4 is 11.1 Å². The lowest BCUT2D eigenvalue weighted by atomic mass is 9.52. The van der Waals surface area contributed by atoms with Crippen molar-refractivity contribution in [2.45, 2.75) is 24.5 Å². The van der Waals surface area contributed by atoms with Crippen LogP contribution in [0.25, 0.3) is 11.1 Å². The highest BCUT2D eigenvalue weighted by molar-refractivity contribution is 6.32. The number of aromatic hydroxyl groups is 1. The summed E-state index contributed by atoms with van der Waals surface area (Å²) in [5.41, 5.74) is 4.76. The van der Waals surface area contributed by atoms with Crippen LogP contribution in [0.2, 0.25) is 0 Å². The lowest BCUT2D eigenvalue weighted by molar-refractivity contribution is -0.181. The van der Waals surface area contributed by atoms with E-state index in [1.54, 1.807) is 30.3 Å². The maximum absolute atomic E-state index is 13.9. The van der Waals surface area contributed by atoms with E-state index < -0.39 is 64.4 Å². The monoisotopic (exact) mass is 581 g/mol. The molecule has 3 unspecified atom stereocenters. The topological polar surface area (TPSA) is 184 Å². The Bertz CT molecular complexity index is 1520. The number of phenolic OH excluding ortho intramolecular Hbond substituents is 1. The van der Waals surface area contributed by atoms with Gasteiger partial charge in [0.25, 0.3) is 0 Å². The Morgan fingerprint density at radius 2 is 1.73 bits per heavy atom. The van der Waals surface area contributed by atoms with Crippen molar-refractivity contribution in [2.24, 2.45) is 29.4 Å². The van der Waals surface area contributed by atoms with Crippen LogP contribution in [-0.2, 0) is 30.4 Å². The normalized spacial score (nSPS) is 29.0. The highest BCUT2D eigenvalue weighted by atomic mass is 35.5. The van der Waals surface area contributed by atoms with Crippen LogP contribution in [-0.4, -0.2) is 81.7 Å². The van der Waals surface area contributed by atoms with Gasteiger partial charge in [0.1, 0.15) is 11.6 Å². The molecule has 2 fully saturated rings. The zero-order valence-corrected chi connectivity index (χ0v) is 23.0. The van der Waals surface area contributed by atoms with Crippen LogP contribution >= 0.6 is 11.6 Å². The first kappa shape index (κ1) is 28.6. The van der Waals surface area contributed by atoms with Gasteiger partial charge in [-0.15, -0.1) is 11.6 Å². The average molecular weight is 582 g/mol. The molecule has 11 nitrogen and oxygen atoms in total. The molecule has 2 amide bonds. The molecule has 6 atom stereocenters. The molecule has 214 valence electrons. The summed E-state index contributed by atoms with van der Waals surface area (Å²) in [5.74, 6) is -11.5. The summed E-state index contributed by atoms with van der Waals surface area (Å²) in [6, 6.07) is 8.57. The quantitative estimate of drug-likeness (QED) is 0.291. The van der Waals surface area contributed by atoms with E-state index >= 15 is 0 Å². The van der Waals surface area contributed by atoms with Gasteiger partial charge in [-0.25, -0.2) is 0 Å². The molecule has 2 aromatic rings. The summed E-state index contributed by atoms with van der Waals surface area (Å²) in [6.07, 6.45) is 0.0999. The van der Waals surface area contributed by atoms with Crippen LogP contribution in [0.1, 0.15) is 22.3 Å². The number of nitrogens with two attached hydrogens (primary N) is 1. The number of hydrogen-bond donors (Lipinski definition) is 4. The average Bonchev–Trinajstić information content (AvgIpc) is 2.91. The molecule has 5 rings (SSSR count). The number of fused-ring (bicyclic) bond motifs is 3. The number of alkyl halides is 1. The van der Waals surface area contributed by atoms with Crippen LogP contribution in [0.4, 0.5) is 5.69 Å². The third kappa shape index (κ3) is 4.27. The Labute approximate surface area is 239 Å². The summed E-state index contributed by atoms with van der Waals surface area (Å²) in [7, 11) is 3.06. The number of carbonyl (C=O) groups is 6. The molecular weight excluding hydrogens is 554 g/mol. The molecule has 12 heteroatoms. The second-order valence-electron chi connectivity index (χ2n) is 11.0. The van der Waals surface area contributed by atoms with Gasteiger partial charge in [-0.05, 0) is 67.7 Å². The molecule has 3 aliphatic carbocycles. The maximum Gasteiger partial charge on any atom is 0.239 e. The zero-order chi connectivity index (χ0) is 30.0. The standard InChI is InChI=1S/C29H28ClN3O8/c1-33(2)23-17-10-13-9-16-15(12-3-5-14(6-4-12)32-19(35)11-30)7-8-18(34)21(16)24(36)20(13)26(38)29(17,41)27(39)22(25(23)37)28(31)40/h3-8,13,17,20,22-23,34,41H,9-11H2,1-2H3,(H2,31,40)(H,32,35)/t13-,17-,20?,22?,23?,29-/m0/s1. The number of aliphatic hydroxyl groups is 1. The van der Waals surface area contributed by atoms with E-state index in [0.29, 0.717) is 22.4 Å². The minimum Gasteiger partial charge on any atom is -0.507 e. The summed E-state index contributed by atoms with van der Waals surface area (Å²) >= 11 is 5.55. The molecule has 0 aliphatic heterocycles. The molecule has 5 N–H and O–H groups in total. The molecule has 41 heavy (non-hydrogen) atoms. The van der Waals surface area contributed by atoms with Crippen molar-refractivity contribution in [3.8, 4) is 16.9 Å². The number of amides is 2. The number of primary amides is 1. The Kier molecular flexibility index (Phi) is 7.09. The van der Waals surface area contributed by atoms with Gasteiger partial charge in [0.15, 0.2) is 34.7 Å². The van der Waals surface area contributed by atoms with E-state index in [9.17, 15) is 39.0 Å². The van der Waals surface area contributed by atoms with Crippen molar-refractivity contribution in [1.29, 1.82) is 0 Å². The fourth-order valence-corrected chi connectivity index (χ4v) is 6.87. The molecule has 0 bridgehead atoms. The largest absolute Gasteiger partial charge is 0.507 e. The first-order valence-corrected chi connectivity index (χ1v) is 13.5. The van der Waals surface area contributed by atoms with E-state index in [1.165, 1.54) is 25.1 Å². The number of benzene rings is 2. The fraction of sp³-hybridized carbons (Fsp3) is 0.379. The third-order valence-electron chi connectivity index (χ3n) is 8.55. The number of phenols is 1. The molecule has 0 saturated heterocycles. The van der Waals surface area contributed by atoms with Crippen molar-refractivity contribution in [3.05, 3.63) is 47.5 Å². The molecule has 0 spiro atoms. The van der Waals surface area contributed by atoms with E-state index in [0.717, 1.165) is 0 Å². The van der Waals surface area contributed by atoms with Gasteiger partial charge in [0, 0.05) is 11.6 Å². The highest BCUT2D eigenvalue weighted by Crippen LogP contribution is 2.51. The Morgan fingerprint density at radius 1 is 1.07 bits per heavy atom. The Hall–Kier alpha value is -3.93. The van der Waals surface area contributed by atoms with Crippen LogP contribution in [0.15, 0.2) is 36.4 Å². The van der Waals surface area contributed by atoms with E-state index in [1.807, 2.05) is 0 Å². The predicted molar refractivity (Wildman–Crippen MR) is 146 cm³/mol. The predicted octanol–water partition coefficient (Wildman–Crippen LogP) is 0.711. The van der Waals surface area contributed by atoms with Crippen molar-refractivity contribution < 1.29 is 39.0 Å². The van der Waals surface area contributed by atoms with E-state index in [4.69, 9.17) is 17.3 Å². The second kappa shape index (κ2) is 10.2. The van der Waals surface area contributed by atoms with Gasteiger partial charge in [0.05, 0.1) is 17.5 Å². The van der Waals surface area contributed by atoms with Gasteiger partial charge in [-0.1, -0.05) is 18.2 Å². The number of ketones is 4. The number of halogens is 1. The van der Waals surface area contributed by atoms with Crippen LogP contribution in [0, 0.1) is 23.7 Å². The maximum atomic E-state index is 13.9. The summed E-state index contributed by atoms with van der Waals surface area (Å²) in [5, 5.41) is 25.0. The zero-order valence-electron chi connectivity index (χ0n) is 22.2. The van der Waals surface area contributed by atoms with Crippen molar-refractivity contribution in [2.75, 3.05) is 25.3 Å². The van der Waals surface area contributed by atoms with Crippen molar-refractivity contribution in [3.63, 3.8) is 0 Å². The fourth-order valence-electron chi connectivity index (χ4n) is 6.80. The van der Waals surface area contributed by atoms with E-state index in [2.05, 4.69) is 5.32 Å². The van der Waals surface area contributed by atoms with Crippen molar-refractivity contribution >= 4 is 52.2 Å². The minimum atomic E-state index is -2.77. The SMILES string of the molecule is CN(C)C1C(=O)C(C(N)=O)C(=O)[C@@]2(O)C(=O)C3C(=O)c4c(O)ccc(-c5ccc(NC(=O)CCl)cc5)c4C[C@H]3C[C@@H]12. The Balaban J connectivity index is 1.59. The molecule has 2 saturated carbocycles. The molecule has 3 aliphatic rings. The number of carbonyl (C=O) groups excluding carboxylic acids is 6. The highest BCUT2D eigenvalue weighted by Gasteiger charge is 2.69. The van der Waals surface area contributed by atoms with Gasteiger partial charge < -0.3 is 21.3 Å². The summed E-state index contributed by atoms with van der Waals surface area (Å²) < 4.78 is 0. The summed E-state index contributed by atoms with van der Waals surface area (Å²) in [6.45, 7) is 0. The molecule has 2 aromatic carbocycles. The van der Waals surface area contributed by atoms with E-state index in [-0.39, 0.29) is 35.9 Å². The number of likely N-dealkylation sites (N-methyl/N-ethyl adjacent to an activating group) is 1.